The van der Waals surface area contributed by atoms with Gasteiger partial charge in [0.2, 0.25) is 18.6 Å². The topological polar surface area (TPSA) is 121 Å². The molecule has 9 nitrogen and oxygen atoms in total. The van der Waals surface area contributed by atoms with Gasteiger partial charge < -0.3 is 20.5 Å². The van der Waals surface area contributed by atoms with Crippen LogP contribution in [0, 0.1) is 0 Å². The van der Waals surface area contributed by atoms with Crippen molar-refractivity contribution in [2.75, 3.05) is 12.5 Å². The minimum Gasteiger partial charge on any atom is -0.454 e. The number of primary amides is 1. The second-order valence-electron chi connectivity index (χ2n) is 6.86. The molecule has 1 aliphatic carbocycles. The number of carbonyl (C=O) groups is 2. The molecule has 28 heavy (non-hydrogen) atoms. The van der Waals surface area contributed by atoms with E-state index in [1.165, 1.54) is 11.8 Å². The standard InChI is InChI=1S/C18H21N5O4S/c1-10(12-4-5-13-14(6-12)27-9-26-13)20-16(25)8-28-18-22-21-17(11-2-3-11)23(18)7-15(19)24/h4-6,10-11H,2-3,7-9H2,1H3,(H2,19,24)(H,20,25)/t10-/m0/s1. The molecule has 0 bridgehead atoms. The number of hydrogen-bond donors (Lipinski definition) is 2. The summed E-state index contributed by atoms with van der Waals surface area (Å²) in [5, 5.41) is 11.8. The van der Waals surface area contributed by atoms with Crippen LogP contribution in [0.15, 0.2) is 23.4 Å². The monoisotopic (exact) mass is 403 g/mol. The van der Waals surface area contributed by atoms with E-state index in [-0.39, 0.29) is 31.0 Å². The number of nitrogens with one attached hydrogen (secondary N) is 1. The summed E-state index contributed by atoms with van der Waals surface area (Å²) >= 11 is 1.25. The maximum atomic E-state index is 12.4. The van der Waals surface area contributed by atoms with E-state index in [4.69, 9.17) is 15.2 Å². The molecule has 1 aliphatic heterocycles. The highest BCUT2D eigenvalue weighted by Crippen LogP contribution is 2.40. The Morgan fingerprint density at radius 1 is 1.32 bits per heavy atom. The van der Waals surface area contributed by atoms with Crippen LogP contribution in [0.1, 0.15) is 43.1 Å². The van der Waals surface area contributed by atoms with E-state index < -0.39 is 5.91 Å². The smallest absolute Gasteiger partial charge is 0.237 e. The highest BCUT2D eigenvalue weighted by molar-refractivity contribution is 7.99. The molecule has 3 N–H and O–H groups in total. The van der Waals surface area contributed by atoms with E-state index in [0.717, 1.165) is 24.2 Å². The van der Waals surface area contributed by atoms with E-state index in [2.05, 4.69) is 15.5 Å². The predicted octanol–water partition coefficient (Wildman–Crippen LogP) is 1.34. The highest BCUT2D eigenvalue weighted by atomic mass is 32.2. The summed E-state index contributed by atoms with van der Waals surface area (Å²) in [4.78, 5) is 23.8. The van der Waals surface area contributed by atoms with Gasteiger partial charge in [-0.05, 0) is 37.5 Å². The molecule has 1 atom stereocenters. The van der Waals surface area contributed by atoms with Gasteiger partial charge in [-0.1, -0.05) is 17.8 Å². The largest absolute Gasteiger partial charge is 0.454 e. The molecule has 4 rings (SSSR count). The van der Waals surface area contributed by atoms with Gasteiger partial charge in [-0.25, -0.2) is 0 Å². The molecule has 10 heteroatoms. The number of hydrogen-bond acceptors (Lipinski definition) is 7. The number of carbonyl (C=O) groups excluding carboxylic acids is 2. The van der Waals surface area contributed by atoms with Crippen molar-refractivity contribution in [2.45, 2.75) is 43.4 Å². The maximum absolute atomic E-state index is 12.4. The van der Waals surface area contributed by atoms with E-state index in [1.54, 1.807) is 4.57 Å². The van der Waals surface area contributed by atoms with Gasteiger partial charge in [0.1, 0.15) is 12.4 Å². The Balaban J connectivity index is 1.36. The lowest BCUT2D eigenvalue weighted by molar-refractivity contribution is -0.119. The van der Waals surface area contributed by atoms with Crippen molar-refractivity contribution in [1.29, 1.82) is 0 Å². The number of fused-ring (bicyclic) bond motifs is 1. The number of aromatic nitrogens is 3. The number of amides is 2. The van der Waals surface area contributed by atoms with Gasteiger partial charge in [-0.2, -0.15) is 0 Å². The highest BCUT2D eigenvalue weighted by Gasteiger charge is 2.31. The van der Waals surface area contributed by atoms with Gasteiger partial charge in [0.15, 0.2) is 16.7 Å². The first-order valence-corrected chi connectivity index (χ1v) is 10.0. The predicted molar refractivity (Wildman–Crippen MR) is 101 cm³/mol. The van der Waals surface area contributed by atoms with Crippen LogP contribution in [0.4, 0.5) is 0 Å². The molecule has 2 amide bonds. The van der Waals surface area contributed by atoms with Crippen LogP contribution in [0.3, 0.4) is 0 Å². The van der Waals surface area contributed by atoms with E-state index in [9.17, 15) is 9.59 Å². The van der Waals surface area contributed by atoms with Gasteiger partial charge in [-0.15, -0.1) is 10.2 Å². The number of benzene rings is 1. The summed E-state index contributed by atoms with van der Waals surface area (Å²) in [6.07, 6.45) is 2.07. The number of nitrogens with zero attached hydrogens (tertiary/aromatic N) is 3. The first-order valence-electron chi connectivity index (χ1n) is 9.04. The lowest BCUT2D eigenvalue weighted by atomic mass is 10.1. The van der Waals surface area contributed by atoms with Crippen LogP contribution in [0.5, 0.6) is 11.5 Å². The molecule has 148 valence electrons. The maximum Gasteiger partial charge on any atom is 0.237 e. The van der Waals surface area contributed by atoms with Crippen LogP contribution in [-0.2, 0) is 16.1 Å². The Morgan fingerprint density at radius 3 is 2.86 bits per heavy atom. The molecule has 1 saturated carbocycles. The molecule has 1 aromatic heterocycles. The first-order chi connectivity index (χ1) is 13.5. The van der Waals surface area contributed by atoms with Gasteiger partial charge in [0, 0.05) is 5.92 Å². The second-order valence-corrected chi connectivity index (χ2v) is 7.80. The summed E-state index contributed by atoms with van der Waals surface area (Å²) in [5.41, 5.74) is 6.27. The molecule has 2 aromatic rings. The van der Waals surface area contributed by atoms with Gasteiger partial charge in [-0.3, -0.25) is 14.2 Å². The fourth-order valence-electron chi connectivity index (χ4n) is 3.03. The van der Waals surface area contributed by atoms with E-state index in [0.29, 0.717) is 22.6 Å². The van der Waals surface area contributed by atoms with Crippen molar-refractivity contribution in [1.82, 2.24) is 20.1 Å². The zero-order valence-corrected chi connectivity index (χ0v) is 16.2. The number of thioether (sulfide) groups is 1. The van der Waals surface area contributed by atoms with Crippen molar-refractivity contribution >= 4 is 23.6 Å². The molecule has 1 aromatic carbocycles. The van der Waals surface area contributed by atoms with Crippen molar-refractivity contribution in [3.63, 3.8) is 0 Å². The third-order valence-electron chi connectivity index (χ3n) is 4.61. The third-order valence-corrected chi connectivity index (χ3v) is 5.58. The van der Waals surface area contributed by atoms with E-state index in [1.807, 2.05) is 25.1 Å². The third kappa shape index (κ3) is 4.06. The molecule has 0 saturated heterocycles. The minimum absolute atomic E-state index is 0.0242. The quantitative estimate of drug-likeness (QED) is 0.638. The SMILES string of the molecule is C[C@H](NC(=O)CSc1nnc(C2CC2)n1CC(N)=O)c1ccc2c(c1)OCO2. The van der Waals surface area contributed by atoms with Crippen LogP contribution in [0.2, 0.25) is 0 Å². The first kappa shape index (κ1) is 18.6. The summed E-state index contributed by atoms with van der Waals surface area (Å²) in [6.45, 7) is 2.14. The van der Waals surface area contributed by atoms with Crippen LogP contribution in [0.25, 0.3) is 0 Å². The van der Waals surface area contributed by atoms with Crippen molar-refractivity contribution in [3.8, 4) is 11.5 Å². The molecular weight excluding hydrogens is 382 g/mol. The van der Waals surface area contributed by atoms with E-state index >= 15 is 0 Å². The Labute approximate surface area is 166 Å². The summed E-state index contributed by atoms with van der Waals surface area (Å²) in [6, 6.07) is 5.41. The van der Waals surface area contributed by atoms with Crippen LogP contribution >= 0.6 is 11.8 Å². The fraction of sp³-hybridized carbons (Fsp3) is 0.444. The van der Waals surface area contributed by atoms with Crippen molar-refractivity contribution < 1.29 is 19.1 Å². The van der Waals surface area contributed by atoms with Crippen molar-refractivity contribution in [2.24, 2.45) is 5.73 Å². The molecular formula is C18H21N5O4S. The van der Waals surface area contributed by atoms with Crippen molar-refractivity contribution in [3.05, 3.63) is 29.6 Å². The molecule has 0 unspecified atom stereocenters. The van der Waals surface area contributed by atoms with Gasteiger partial charge in [0.25, 0.3) is 0 Å². The summed E-state index contributed by atoms with van der Waals surface area (Å²) in [7, 11) is 0. The Bertz CT molecular complexity index is 911. The minimum atomic E-state index is -0.454. The van der Waals surface area contributed by atoms with Crippen LogP contribution in [-0.4, -0.2) is 39.1 Å². The lowest BCUT2D eigenvalue weighted by Crippen LogP contribution is -2.28. The normalized spacial score (nSPS) is 16.0. The van der Waals surface area contributed by atoms with Gasteiger partial charge >= 0.3 is 0 Å². The Morgan fingerprint density at radius 2 is 2.11 bits per heavy atom. The summed E-state index contributed by atoms with van der Waals surface area (Å²) < 4.78 is 12.4. The van der Waals surface area contributed by atoms with Crippen LogP contribution < -0.4 is 20.5 Å². The number of rotatable bonds is 8. The summed E-state index contributed by atoms with van der Waals surface area (Å²) in [5.74, 6) is 2.06. The lowest BCUT2D eigenvalue weighted by Gasteiger charge is -2.15. The average Bonchev–Trinajstić information content (AvgIpc) is 3.26. The zero-order valence-electron chi connectivity index (χ0n) is 15.4. The Hall–Kier alpha value is -2.75. The fourth-order valence-corrected chi connectivity index (χ4v) is 3.79. The average molecular weight is 403 g/mol. The molecule has 1 fully saturated rings. The molecule has 2 heterocycles. The molecule has 0 radical (unpaired) electrons. The number of ether oxygens (including phenoxy) is 2. The Kier molecular flexibility index (Phi) is 5.12. The van der Waals surface area contributed by atoms with Gasteiger partial charge in [0.05, 0.1) is 11.8 Å². The molecule has 0 spiro atoms. The zero-order chi connectivity index (χ0) is 19.7. The second kappa shape index (κ2) is 7.70. The number of nitrogens with two attached hydrogens (primary N) is 1. The molecule has 2 aliphatic rings.